The van der Waals surface area contributed by atoms with E-state index in [0.717, 1.165) is 24.5 Å². The lowest BCUT2D eigenvalue weighted by molar-refractivity contribution is -0.146. The molecule has 1 aromatic carbocycles. The van der Waals surface area contributed by atoms with Gasteiger partial charge in [-0.2, -0.15) is 0 Å². The fourth-order valence-electron chi connectivity index (χ4n) is 2.08. The molecule has 1 aliphatic carbocycles. The van der Waals surface area contributed by atoms with Gasteiger partial charge in [-0.05, 0) is 43.5 Å². The third kappa shape index (κ3) is 3.29. The number of rotatable bonds is 6. The summed E-state index contributed by atoms with van der Waals surface area (Å²) >= 11 is 0. The molecule has 1 saturated carbocycles. The van der Waals surface area contributed by atoms with Crippen molar-refractivity contribution in [1.29, 1.82) is 0 Å². The molecule has 0 atom stereocenters. The van der Waals surface area contributed by atoms with Gasteiger partial charge in [-0.1, -0.05) is 6.07 Å². The number of carbonyl (C=O) groups is 1. The molecule has 0 saturated heterocycles. The average molecular weight is 269 g/mol. The Bertz CT molecular complexity index is 473. The number of hydrogen-bond acceptors (Lipinski definition) is 3. The van der Waals surface area contributed by atoms with Gasteiger partial charge < -0.3 is 10.1 Å². The Labute approximate surface area is 111 Å². The zero-order chi connectivity index (χ0) is 13.9. The van der Waals surface area contributed by atoms with Crippen LogP contribution in [0.3, 0.4) is 0 Å². The molecule has 1 aromatic rings. The molecule has 1 aliphatic rings. The van der Waals surface area contributed by atoms with Gasteiger partial charge in [-0.15, -0.1) is 0 Å². The predicted molar refractivity (Wildman–Crippen MR) is 66.6 cm³/mol. The van der Waals surface area contributed by atoms with Crippen molar-refractivity contribution < 1.29 is 18.3 Å². The van der Waals surface area contributed by atoms with Gasteiger partial charge in [0.15, 0.2) is 11.6 Å². The van der Waals surface area contributed by atoms with Crippen LogP contribution in [0, 0.1) is 17.0 Å². The first-order chi connectivity index (χ1) is 9.07. The molecule has 1 N–H and O–H groups in total. The monoisotopic (exact) mass is 269 g/mol. The Hall–Kier alpha value is -1.49. The van der Waals surface area contributed by atoms with Crippen LogP contribution < -0.4 is 5.32 Å². The second kappa shape index (κ2) is 5.65. The number of esters is 1. The summed E-state index contributed by atoms with van der Waals surface area (Å²) in [5.74, 6) is -1.84. The molecule has 0 radical (unpaired) electrons. The van der Waals surface area contributed by atoms with E-state index in [0.29, 0.717) is 19.5 Å². The largest absolute Gasteiger partial charge is 0.469 e. The Morgan fingerprint density at radius 3 is 2.68 bits per heavy atom. The van der Waals surface area contributed by atoms with Crippen LogP contribution >= 0.6 is 0 Å². The van der Waals surface area contributed by atoms with Gasteiger partial charge in [0.2, 0.25) is 0 Å². The van der Waals surface area contributed by atoms with Gasteiger partial charge in [0.05, 0.1) is 12.5 Å². The maximum Gasteiger partial charge on any atom is 0.313 e. The van der Waals surface area contributed by atoms with Crippen molar-refractivity contribution >= 4 is 5.97 Å². The smallest absolute Gasteiger partial charge is 0.313 e. The highest BCUT2D eigenvalue weighted by molar-refractivity contribution is 5.80. The van der Waals surface area contributed by atoms with Crippen molar-refractivity contribution in [3.05, 3.63) is 35.4 Å². The van der Waals surface area contributed by atoms with Gasteiger partial charge >= 0.3 is 5.97 Å². The van der Waals surface area contributed by atoms with E-state index in [1.165, 1.54) is 13.2 Å². The van der Waals surface area contributed by atoms with E-state index in [2.05, 4.69) is 5.32 Å². The first-order valence-corrected chi connectivity index (χ1v) is 6.30. The Morgan fingerprint density at radius 1 is 1.37 bits per heavy atom. The molecule has 5 heteroatoms. The minimum atomic E-state index is -0.834. The van der Waals surface area contributed by atoms with Crippen molar-refractivity contribution in [2.24, 2.45) is 5.41 Å². The number of benzene rings is 1. The number of hydrogen-bond donors (Lipinski definition) is 1. The molecule has 0 aliphatic heterocycles. The van der Waals surface area contributed by atoms with Crippen LogP contribution in [0.5, 0.6) is 0 Å². The van der Waals surface area contributed by atoms with Crippen LogP contribution in [0.25, 0.3) is 0 Å². The summed E-state index contributed by atoms with van der Waals surface area (Å²) in [5.41, 5.74) is 0.373. The number of ether oxygens (including phenoxy) is 1. The highest BCUT2D eigenvalue weighted by atomic mass is 19.2. The molecule has 0 aromatic heterocycles. The maximum atomic E-state index is 13.0. The summed E-state index contributed by atoms with van der Waals surface area (Å²) in [5, 5.41) is 3.17. The second-order valence-corrected chi connectivity index (χ2v) is 4.95. The zero-order valence-corrected chi connectivity index (χ0v) is 10.8. The minimum absolute atomic E-state index is 0.173. The maximum absolute atomic E-state index is 13.0. The molecule has 2 rings (SSSR count). The lowest BCUT2D eigenvalue weighted by Gasteiger charge is -2.13. The lowest BCUT2D eigenvalue weighted by Crippen LogP contribution is -2.32. The highest BCUT2D eigenvalue weighted by Crippen LogP contribution is 2.45. The highest BCUT2D eigenvalue weighted by Gasteiger charge is 2.50. The van der Waals surface area contributed by atoms with Gasteiger partial charge in [0.1, 0.15) is 0 Å². The van der Waals surface area contributed by atoms with E-state index in [1.54, 1.807) is 6.07 Å². The fourth-order valence-corrected chi connectivity index (χ4v) is 2.08. The summed E-state index contributed by atoms with van der Waals surface area (Å²) in [6.07, 6.45) is 2.28. The van der Waals surface area contributed by atoms with E-state index in [1.807, 2.05) is 0 Å². The Morgan fingerprint density at radius 2 is 2.11 bits per heavy atom. The molecule has 0 heterocycles. The van der Waals surface area contributed by atoms with Crippen molar-refractivity contribution in [3.8, 4) is 0 Å². The standard InChI is InChI=1S/C14H17F2NO2/c1-19-13(18)14(5-6-14)9-17-7-4-10-2-3-11(15)12(16)8-10/h2-3,8,17H,4-7,9H2,1H3. The van der Waals surface area contributed by atoms with Crippen molar-refractivity contribution in [1.82, 2.24) is 5.32 Å². The Kier molecular flexibility index (Phi) is 4.14. The molecule has 0 spiro atoms. The lowest BCUT2D eigenvalue weighted by atomic mass is 10.1. The number of nitrogens with one attached hydrogen (secondary N) is 1. The topological polar surface area (TPSA) is 38.3 Å². The van der Waals surface area contributed by atoms with Crippen LogP contribution in [0.15, 0.2) is 18.2 Å². The first kappa shape index (κ1) is 13.9. The molecular weight excluding hydrogens is 252 g/mol. The van der Waals surface area contributed by atoms with E-state index < -0.39 is 11.6 Å². The van der Waals surface area contributed by atoms with Gasteiger partial charge in [0.25, 0.3) is 0 Å². The van der Waals surface area contributed by atoms with Gasteiger partial charge in [-0.3, -0.25) is 4.79 Å². The molecule has 0 unspecified atom stereocenters. The zero-order valence-electron chi connectivity index (χ0n) is 10.8. The third-order valence-electron chi connectivity index (χ3n) is 3.51. The van der Waals surface area contributed by atoms with Crippen molar-refractivity contribution in [2.75, 3.05) is 20.2 Å². The minimum Gasteiger partial charge on any atom is -0.469 e. The third-order valence-corrected chi connectivity index (χ3v) is 3.51. The first-order valence-electron chi connectivity index (χ1n) is 6.30. The van der Waals surface area contributed by atoms with Crippen LogP contribution in [-0.4, -0.2) is 26.2 Å². The van der Waals surface area contributed by atoms with E-state index in [4.69, 9.17) is 4.74 Å². The average Bonchev–Trinajstić information content (AvgIpc) is 3.19. The number of methoxy groups -OCH3 is 1. The molecule has 0 amide bonds. The Balaban J connectivity index is 1.75. The van der Waals surface area contributed by atoms with Crippen molar-refractivity contribution in [2.45, 2.75) is 19.3 Å². The van der Waals surface area contributed by atoms with Crippen LogP contribution in [-0.2, 0) is 16.0 Å². The summed E-state index contributed by atoms with van der Waals surface area (Å²) in [7, 11) is 1.39. The van der Waals surface area contributed by atoms with Crippen LogP contribution in [0.4, 0.5) is 8.78 Å². The molecular formula is C14H17F2NO2. The number of carbonyl (C=O) groups excluding carboxylic acids is 1. The fraction of sp³-hybridized carbons (Fsp3) is 0.500. The summed E-state index contributed by atoms with van der Waals surface area (Å²) in [6.45, 7) is 1.19. The van der Waals surface area contributed by atoms with Crippen molar-refractivity contribution in [3.63, 3.8) is 0 Å². The molecule has 3 nitrogen and oxygen atoms in total. The molecule has 1 fully saturated rings. The molecule has 104 valence electrons. The summed E-state index contributed by atoms with van der Waals surface area (Å²) in [6, 6.07) is 3.89. The van der Waals surface area contributed by atoms with E-state index >= 15 is 0 Å². The quantitative estimate of drug-likeness (QED) is 0.634. The summed E-state index contributed by atoms with van der Waals surface area (Å²) in [4.78, 5) is 11.5. The van der Waals surface area contributed by atoms with E-state index in [9.17, 15) is 13.6 Å². The normalized spacial score (nSPS) is 16.2. The van der Waals surface area contributed by atoms with Crippen LogP contribution in [0.2, 0.25) is 0 Å². The van der Waals surface area contributed by atoms with Crippen LogP contribution in [0.1, 0.15) is 18.4 Å². The second-order valence-electron chi connectivity index (χ2n) is 4.95. The molecule has 19 heavy (non-hydrogen) atoms. The summed E-state index contributed by atoms with van der Waals surface area (Å²) < 4.78 is 30.5. The van der Waals surface area contributed by atoms with Gasteiger partial charge in [-0.25, -0.2) is 8.78 Å². The number of halogens is 2. The van der Waals surface area contributed by atoms with E-state index in [-0.39, 0.29) is 11.4 Å². The molecule has 0 bridgehead atoms. The van der Waals surface area contributed by atoms with Gasteiger partial charge in [0, 0.05) is 6.54 Å². The SMILES string of the molecule is COC(=O)C1(CNCCc2ccc(F)c(F)c2)CC1. The predicted octanol–water partition coefficient (Wildman–Crippen LogP) is 2.05.